The Bertz CT molecular complexity index is 576. The van der Waals surface area contributed by atoms with E-state index in [0.29, 0.717) is 0 Å². The average molecular weight is 259 g/mol. The zero-order chi connectivity index (χ0) is 13.2. The zero-order valence-electron chi connectivity index (χ0n) is 11.7. The van der Waals surface area contributed by atoms with Crippen molar-refractivity contribution in [3.8, 4) is 5.75 Å². The van der Waals surface area contributed by atoms with Crippen LogP contribution in [0.15, 0.2) is 18.2 Å². The second kappa shape index (κ2) is 5.11. The number of rotatable bonds is 4. The summed E-state index contributed by atoms with van der Waals surface area (Å²) < 4.78 is 8.05. The first-order valence-corrected chi connectivity index (χ1v) is 7.14. The summed E-state index contributed by atoms with van der Waals surface area (Å²) in [5.41, 5.74) is 2.25. The Kier molecular flexibility index (Phi) is 3.32. The fourth-order valence-electron chi connectivity index (χ4n) is 2.60. The largest absolute Gasteiger partial charge is 0.494 e. The molecule has 4 nitrogen and oxygen atoms in total. The van der Waals surface area contributed by atoms with Crippen LogP contribution in [0.4, 0.5) is 5.95 Å². The number of ether oxygens (including phenoxy) is 1. The van der Waals surface area contributed by atoms with Gasteiger partial charge >= 0.3 is 0 Å². The van der Waals surface area contributed by atoms with Gasteiger partial charge < -0.3 is 14.2 Å². The van der Waals surface area contributed by atoms with Crippen LogP contribution in [0.1, 0.15) is 26.2 Å². The summed E-state index contributed by atoms with van der Waals surface area (Å²) in [5.74, 6) is 2.01. The molecule has 0 saturated carbocycles. The molecule has 0 N–H and O–H groups in total. The topological polar surface area (TPSA) is 30.3 Å². The number of fused-ring (bicyclic) bond motifs is 3. The summed E-state index contributed by atoms with van der Waals surface area (Å²) in [7, 11) is 2.11. The third-order valence-corrected chi connectivity index (χ3v) is 3.68. The lowest BCUT2D eigenvalue weighted by atomic mass is 10.3. The molecule has 0 atom stereocenters. The Morgan fingerprint density at radius 2 is 2.21 bits per heavy atom. The second-order valence-corrected chi connectivity index (χ2v) is 5.19. The molecule has 0 aliphatic carbocycles. The molecule has 102 valence electrons. The van der Waals surface area contributed by atoms with E-state index in [2.05, 4.69) is 41.6 Å². The van der Waals surface area contributed by atoms with Crippen molar-refractivity contribution in [1.82, 2.24) is 9.55 Å². The number of anilines is 1. The Hall–Kier alpha value is -1.71. The second-order valence-electron chi connectivity index (χ2n) is 5.19. The van der Waals surface area contributed by atoms with Gasteiger partial charge in [-0.05, 0) is 25.0 Å². The Labute approximate surface area is 114 Å². The molecule has 1 aliphatic rings. The lowest BCUT2D eigenvalue weighted by Gasteiger charge is -2.24. The summed E-state index contributed by atoms with van der Waals surface area (Å²) in [5, 5.41) is 0. The number of nitrogens with zero attached hydrogens (tertiary/aromatic N) is 3. The van der Waals surface area contributed by atoms with Gasteiger partial charge in [0.15, 0.2) is 0 Å². The average Bonchev–Trinajstić information content (AvgIpc) is 2.79. The third kappa shape index (κ3) is 2.27. The van der Waals surface area contributed by atoms with Crippen molar-refractivity contribution in [1.29, 1.82) is 0 Å². The van der Waals surface area contributed by atoms with Crippen molar-refractivity contribution in [2.45, 2.75) is 32.7 Å². The standard InChI is InChI=1S/C15H21N3O/c1-3-4-10-19-12-6-7-14-13(11-12)16-15-17(2)8-5-9-18(14)15/h6-7,11H,3-5,8-10H2,1-2H3. The molecule has 1 aromatic carbocycles. The molecule has 1 aromatic heterocycles. The SMILES string of the molecule is CCCCOc1ccc2c(c1)nc1n2CCCN1C. The Morgan fingerprint density at radius 1 is 1.32 bits per heavy atom. The molecule has 0 radical (unpaired) electrons. The van der Waals surface area contributed by atoms with Gasteiger partial charge in [-0.3, -0.25) is 0 Å². The van der Waals surface area contributed by atoms with Crippen LogP contribution >= 0.6 is 0 Å². The van der Waals surface area contributed by atoms with E-state index in [4.69, 9.17) is 9.72 Å². The number of imidazole rings is 1. The van der Waals surface area contributed by atoms with Crippen LogP contribution in [-0.4, -0.2) is 29.8 Å². The van der Waals surface area contributed by atoms with Crippen LogP contribution in [0, 0.1) is 0 Å². The van der Waals surface area contributed by atoms with Crippen LogP contribution in [0.2, 0.25) is 0 Å². The van der Waals surface area contributed by atoms with Crippen LogP contribution in [0.25, 0.3) is 11.0 Å². The van der Waals surface area contributed by atoms with E-state index in [1.54, 1.807) is 0 Å². The molecule has 0 unspecified atom stereocenters. The maximum absolute atomic E-state index is 5.75. The molecule has 0 fully saturated rings. The molecule has 2 aromatic rings. The number of hydrogen-bond acceptors (Lipinski definition) is 3. The van der Waals surface area contributed by atoms with E-state index >= 15 is 0 Å². The van der Waals surface area contributed by atoms with E-state index < -0.39 is 0 Å². The van der Waals surface area contributed by atoms with Crippen molar-refractivity contribution >= 4 is 17.0 Å². The minimum Gasteiger partial charge on any atom is -0.494 e. The van der Waals surface area contributed by atoms with Gasteiger partial charge in [-0.2, -0.15) is 0 Å². The van der Waals surface area contributed by atoms with E-state index in [0.717, 1.165) is 49.8 Å². The highest BCUT2D eigenvalue weighted by molar-refractivity contribution is 5.80. The first-order chi connectivity index (χ1) is 9.29. The highest BCUT2D eigenvalue weighted by Gasteiger charge is 2.18. The maximum atomic E-state index is 5.75. The summed E-state index contributed by atoms with van der Waals surface area (Å²) in [4.78, 5) is 6.96. The van der Waals surface area contributed by atoms with Crippen LogP contribution in [-0.2, 0) is 6.54 Å². The lowest BCUT2D eigenvalue weighted by molar-refractivity contribution is 0.310. The fraction of sp³-hybridized carbons (Fsp3) is 0.533. The smallest absolute Gasteiger partial charge is 0.206 e. The molecule has 0 bridgehead atoms. The molecule has 1 aliphatic heterocycles. The maximum Gasteiger partial charge on any atom is 0.206 e. The van der Waals surface area contributed by atoms with Gasteiger partial charge in [0.1, 0.15) is 5.75 Å². The zero-order valence-corrected chi connectivity index (χ0v) is 11.7. The van der Waals surface area contributed by atoms with E-state index in [-0.39, 0.29) is 0 Å². The molecule has 0 saturated heterocycles. The predicted octanol–water partition coefficient (Wildman–Crippen LogP) is 3.06. The first kappa shape index (κ1) is 12.3. The van der Waals surface area contributed by atoms with Crippen LogP contribution in [0.5, 0.6) is 5.75 Å². The van der Waals surface area contributed by atoms with Gasteiger partial charge in [0, 0.05) is 26.2 Å². The Morgan fingerprint density at radius 3 is 3.05 bits per heavy atom. The van der Waals surface area contributed by atoms with Crippen LogP contribution in [0.3, 0.4) is 0 Å². The number of benzene rings is 1. The molecule has 4 heteroatoms. The highest BCUT2D eigenvalue weighted by Crippen LogP contribution is 2.28. The van der Waals surface area contributed by atoms with Crippen molar-refractivity contribution in [3.63, 3.8) is 0 Å². The van der Waals surface area contributed by atoms with Crippen molar-refractivity contribution < 1.29 is 4.74 Å². The van der Waals surface area contributed by atoms with Gasteiger partial charge in [0.05, 0.1) is 17.6 Å². The van der Waals surface area contributed by atoms with Gasteiger partial charge in [-0.1, -0.05) is 13.3 Å². The summed E-state index contributed by atoms with van der Waals surface area (Å²) in [6, 6.07) is 6.25. The van der Waals surface area contributed by atoms with Gasteiger partial charge in [-0.15, -0.1) is 0 Å². The molecule has 0 spiro atoms. The number of hydrogen-bond donors (Lipinski definition) is 0. The minimum absolute atomic E-state index is 0.787. The summed E-state index contributed by atoms with van der Waals surface area (Å²) in [6.07, 6.45) is 3.44. The van der Waals surface area contributed by atoms with Crippen molar-refractivity contribution in [3.05, 3.63) is 18.2 Å². The quantitative estimate of drug-likeness (QED) is 0.791. The monoisotopic (exact) mass is 259 g/mol. The van der Waals surface area contributed by atoms with Gasteiger partial charge in [-0.25, -0.2) is 4.98 Å². The molecule has 2 heterocycles. The normalized spacial score (nSPS) is 14.7. The highest BCUT2D eigenvalue weighted by atomic mass is 16.5. The van der Waals surface area contributed by atoms with Crippen LogP contribution < -0.4 is 9.64 Å². The molecular weight excluding hydrogens is 238 g/mol. The van der Waals surface area contributed by atoms with E-state index in [1.165, 1.54) is 11.9 Å². The van der Waals surface area contributed by atoms with Gasteiger partial charge in [0.2, 0.25) is 5.95 Å². The van der Waals surface area contributed by atoms with E-state index in [9.17, 15) is 0 Å². The summed E-state index contributed by atoms with van der Waals surface area (Å²) in [6.45, 7) is 5.11. The predicted molar refractivity (Wildman–Crippen MR) is 78.0 cm³/mol. The molecule has 19 heavy (non-hydrogen) atoms. The molecule has 0 amide bonds. The van der Waals surface area contributed by atoms with Gasteiger partial charge in [0.25, 0.3) is 0 Å². The Balaban J connectivity index is 1.91. The minimum atomic E-state index is 0.787. The molecule has 3 rings (SSSR count). The van der Waals surface area contributed by atoms with Crippen molar-refractivity contribution in [2.24, 2.45) is 0 Å². The fourth-order valence-corrected chi connectivity index (χ4v) is 2.60. The van der Waals surface area contributed by atoms with E-state index in [1.807, 2.05) is 0 Å². The third-order valence-electron chi connectivity index (χ3n) is 3.68. The molecular formula is C15H21N3O. The van der Waals surface area contributed by atoms with Crippen molar-refractivity contribution in [2.75, 3.05) is 25.1 Å². The number of aryl methyl sites for hydroxylation is 1. The number of aromatic nitrogens is 2. The lowest BCUT2D eigenvalue weighted by Crippen LogP contribution is -2.28. The number of unbranched alkanes of at least 4 members (excludes halogenated alkanes) is 1. The summed E-state index contributed by atoms with van der Waals surface area (Å²) >= 11 is 0. The first-order valence-electron chi connectivity index (χ1n) is 7.14.